The zero-order valence-electron chi connectivity index (χ0n) is 62.9. The van der Waals surface area contributed by atoms with Crippen molar-refractivity contribution >= 4 is 77.5 Å². The molecule has 1 amide bonds. The topological polar surface area (TPSA) is 373 Å². The Balaban J connectivity index is 0.000000208. The zero-order chi connectivity index (χ0) is 79.4. The molecule has 0 atom stereocenters. The lowest BCUT2D eigenvalue weighted by Gasteiger charge is -2.19. The summed E-state index contributed by atoms with van der Waals surface area (Å²) < 4.78 is 5.26. The number of halogens is 1. The lowest BCUT2D eigenvalue weighted by molar-refractivity contribution is 0.0632. The van der Waals surface area contributed by atoms with E-state index in [1.165, 1.54) is 29.8 Å². The van der Waals surface area contributed by atoms with Crippen molar-refractivity contribution in [2.45, 2.75) is 93.5 Å². The second kappa shape index (κ2) is 42.3. The summed E-state index contributed by atoms with van der Waals surface area (Å²) in [7, 11) is -0.643. The molecule has 7 aromatic carbocycles. The highest BCUT2D eigenvalue weighted by Crippen LogP contribution is 2.25. The molecule has 6 heterocycles. The van der Waals surface area contributed by atoms with E-state index in [2.05, 4.69) is 65.3 Å². The number of nitrogen functional groups attached to an aromatic ring is 3. The number of aryl methyl sites for hydroxylation is 3. The molecule has 25 heteroatoms. The van der Waals surface area contributed by atoms with Gasteiger partial charge in [0, 0.05) is 144 Å². The Morgan fingerprint density at radius 2 is 0.770 bits per heavy atom. The van der Waals surface area contributed by atoms with Crippen LogP contribution < -0.4 is 27.7 Å². The van der Waals surface area contributed by atoms with Crippen LogP contribution in [0, 0.1) is 20.8 Å². The summed E-state index contributed by atoms with van der Waals surface area (Å²) in [5, 5.41) is 31.4. The normalized spacial score (nSPS) is 10.3. The number of ketones is 2. The number of carbonyl (C=O) groups is 5. The quantitative estimate of drug-likeness (QED) is 0.0200. The standard InChI is InChI=1S/C30H30N4O3.C25H22N4O.C17H16N4.C8H10BNO3.C7H7NO2.CH4.ClH/c1-20-7-8-21(16-24(20)18-28-32-15-13-26(34-28)23-6-5-14-31-19-23)17-27(35)22-9-11-25(12-10-22)33-29(36)37-30(2,3)4;1-17-4-5-18(14-24(30)19-6-8-22(26)9-7-19)13-21(17)15-25-28-12-10-23(29-25)20-3-2-11-27-16-20;1-12-4-5-15(18)9-14(12)10-17-20-8-6-16(21-17)13-3-2-7-19-11-13;1-9(13)10-7-4-2-6(3-5-7)8(11)12;8-6-3-1-5(2-4-6)7(9)10;;/h5-16,19H,17-18H2,1-4H3,(H,33,36);2-13,16H,14-15,26H2,1H3;2-9,11H,10,18H2,1H3;2-5,10,13H,1H3,(H,11,12);1-4H,8H2,(H,9,10);1H4;1H. The Bertz CT molecular complexity index is 5280. The number of carboxylic acids is 2. The van der Waals surface area contributed by atoms with Gasteiger partial charge in [-0.3, -0.25) is 29.9 Å². The number of rotatable bonds is 20. The van der Waals surface area contributed by atoms with Crippen molar-refractivity contribution in [3.8, 4) is 33.8 Å². The zero-order valence-corrected chi connectivity index (χ0v) is 63.7. The van der Waals surface area contributed by atoms with Crippen LogP contribution in [0.3, 0.4) is 0 Å². The van der Waals surface area contributed by atoms with Crippen LogP contribution in [-0.2, 0) is 36.8 Å². The van der Waals surface area contributed by atoms with Crippen LogP contribution in [-0.4, -0.2) is 102 Å². The third kappa shape index (κ3) is 28.0. The molecule has 0 saturated heterocycles. The first-order valence-corrected chi connectivity index (χ1v) is 35.3. The van der Waals surface area contributed by atoms with Gasteiger partial charge in [0.1, 0.15) is 23.1 Å². The van der Waals surface area contributed by atoms with E-state index in [9.17, 15) is 24.0 Å². The summed E-state index contributed by atoms with van der Waals surface area (Å²) in [6, 6.07) is 61.4. The van der Waals surface area contributed by atoms with Gasteiger partial charge in [0.25, 0.3) is 0 Å². The predicted molar refractivity (Wildman–Crippen MR) is 448 cm³/mol. The van der Waals surface area contributed by atoms with E-state index >= 15 is 0 Å². The summed E-state index contributed by atoms with van der Waals surface area (Å²) in [6.07, 6.45) is 17.8. The van der Waals surface area contributed by atoms with E-state index in [0.29, 0.717) is 65.4 Å². The molecule has 0 aliphatic carbocycles. The summed E-state index contributed by atoms with van der Waals surface area (Å²) in [5.41, 5.74) is 35.4. The number of nitrogens with one attached hydrogen (secondary N) is 2. The lowest BCUT2D eigenvalue weighted by atomic mass is 9.88. The fourth-order valence-electron chi connectivity index (χ4n) is 10.9. The summed E-state index contributed by atoms with van der Waals surface area (Å²) >= 11 is 0. The Morgan fingerprint density at radius 3 is 1.12 bits per heavy atom. The maximum absolute atomic E-state index is 12.9. The molecular formula is C88H90BClN14O9. The van der Waals surface area contributed by atoms with Crippen LogP contribution in [0.4, 0.5) is 33.2 Å². The van der Waals surface area contributed by atoms with Crippen molar-refractivity contribution in [1.82, 2.24) is 44.9 Å². The molecule has 0 aliphatic rings. The summed E-state index contributed by atoms with van der Waals surface area (Å²) in [6.45, 7) is 13.2. The van der Waals surface area contributed by atoms with E-state index in [4.69, 9.17) is 47.1 Å². The van der Waals surface area contributed by atoms with Crippen molar-refractivity contribution < 1.29 is 43.9 Å². The molecular weight excluding hydrogens is 1440 g/mol. The number of carboxylic acid groups (broad SMARTS) is 2. The van der Waals surface area contributed by atoms with Crippen LogP contribution in [0.15, 0.2) is 262 Å². The number of nitrogens with two attached hydrogens (primary N) is 3. The molecule has 576 valence electrons. The third-order valence-corrected chi connectivity index (χ3v) is 16.7. The predicted octanol–water partition coefficient (Wildman–Crippen LogP) is 16.6. The molecule has 0 spiro atoms. The monoisotopic (exact) mass is 1530 g/mol. The van der Waals surface area contributed by atoms with E-state index in [1.807, 2.05) is 110 Å². The van der Waals surface area contributed by atoms with Gasteiger partial charge in [-0.15, -0.1) is 12.4 Å². The van der Waals surface area contributed by atoms with Gasteiger partial charge in [0.15, 0.2) is 11.6 Å². The highest BCUT2D eigenvalue weighted by molar-refractivity contribution is 6.52. The molecule has 23 nitrogen and oxygen atoms in total. The SMILES string of the molecule is C.CB(O)Nc1ccc(C(=O)O)cc1.Cc1ccc(CC(=O)c2ccc(N)cc2)cc1Cc1nccc(-c2cccnc2)n1.Cc1ccc(CC(=O)c2ccc(NC(=O)OC(C)(C)C)cc2)cc1Cc1nccc(-c2cccnc2)n1.Cc1ccc(N)cc1Cc1nccc(-c2cccnc2)n1.Cl.Nc1ccc(C(=O)O)cc1. The van der Waals surface area contributed by atoms with E-state index in [0.717, 1.165) is 90.1 Å². The highest BCUT2D eigenvalue weighted by Gasteiger charge is 2.18. The number of Topliss-reactive ketones (excluding diaryl/α,β-unsaturated/α-hetero) is 2. The first-order valence-electron chi connectivity index (χ1n) is 35.3. The van der Waals surface area contributed by atoms with Gasteiger partial charge in [-0.1, -0.05) is 49.9 Å². The van der Waals surface area contributed by atoms with Gasteiger partial charge in [-0.05, 0) is 257 Å². The van der Waals surface area contributed by atoms with Crippen LogP contribution in [0.1, 0.15) is 132 Å². The second-order valence-electron chi connectivity index (χ2n) is 26.7. The minimum atomic E-state index is -0.955. The van der Waals surface area contributed by atoms with Crippen LogP contribution >= 0.6 is 12.4 Å². The fraction of sp³-hybridized carbons (Fsp3) is 0.159. The molecule has 11 N–H and O–H groups in total. The number of aromatic carboxylic acids is 2. The van der Waals surface area contributed by atoms with E-state index in [-0.39, 0.29) is 48.9 Å². The number of pyridine rings is 3. The van der Waals surface area contributed by atoms with Crippen LogP contribution in [0.25, 0.3) is 33.8 Å². The Morgan fingerprint density at radius 1 is 0.434 bits per heavy atom. The smallest absolute Gasteiger partial charge is 0.412 e. The Kier molecular flexibility index (Phi) is 32.4. The van der Waals surface area contributed by atoms with E-state index in [1.54, 1.807) is 156 Å². The molecule has 13 rings (SSSR count). The largest absolute Gasteiger partial charge is 0.478 e. The van der Waals surface area contributed by atoms with Crippen LogP contribution in [0.2, 0.25) is 6.82 Å². The average molecular weight is 1530 g/mol. The fourth-order valence-corrected chi connectivity index (χ4v) is 10.9. The molecule has 113 heavy (non-hydrogen) atoms. The second-order valence-corrected chi connectivity index (χ2v) is 26.7. The maximum atomic E-state index is 12.9. The molecule has 13 aromatic rings. The van der Waals surface area contributed by atoms with Crippen molar-refractivity contribution in [2.24, 2.45) is 0 Å². The van der Waals surface area contributed by atoms with Crippen molar-refractivity contribution in [3.05, 3.63) is 346 Å². The summed E-state index contributed by atoms with van der Waals surface area (Å²) in [5.74, 6) is 0.407. The minimum absolute atomic E-state index is 0. The van der Waals surface area contributed by atoms with Crippen molar-refractivity contribution in [3.63, 3.8) is 0 Å². The van der Waals surface area contributed by atoms with Gasteiger partial charge in [0.2, 0.25) is 0 Å². The number of nitrogens with zero attached hydrogens (tertiary/aromatic N) is 9. The van der Waals surface area contributed by atoms with Gasteiger partial charge in [-0.25, -0.2) is 44.3 Å². The minimum Gasteiger partial charge on any atom is -0.478 e. The first-order chi connectivity index (χ1) is 53.3. The number of hydrogen-bond acceptors (Lipinski definition) is 20. The molecule has 0 aliphatic heterocycles. The Labute approximate surface area is 664 Å². The summed E-state index contributed by atoms with van der Waals surface area (Å²) in [4.78, 5) is 98.0. The van der Waals surface area contributed by atoms with E-state index < -0.39 is 30.7 Å². The number of benzene rings is 7. The van der Waals surface area contributed by atoms with Crippen LogP contribution in [0.5, 0.6) is 0 Å². The highest BCUT2D eigenvalue weighted by atomic mass is 35.5. The molecule has 0 saturated carbocycles. The Hall–Kier alpha value is -13.7. The van der Waals surface area contributed by atoms with Crippen molar-refractivity contribution in [1.29, 1.82) is 0 Å². The first kappa shape index (κ1) is 86.5. The van der Waals surface area contributed by atoms with Crippen molar-refractivity contribution in [2.75, 3.05) is 27.7 Å². The number of amides is 1. The number of hydrogen-bond donors (Lipinski definition) is 8. The number of aromatic nitrogens is 9. The van der Waals surface area contributed by atoms with Gasteiger partial charge in [0.05, 0.1) is 28.2 Å². The molecule has 0 unspecified atom stereocenters. The number of ether oxygens (including phenoxy) is 1. The number of carbonyl (C=O) groups excluding carboxylic acids is 3. The maximum Gasteiger partial charge on any atom is 0.412 e. The molecule has 0 radical (unpaired) electrons. The third-order valence-electron chi connectivity index (χ3n) is 16.7. The average Bonchev–Trinajstić information content (AvgIpc) is 0.837. The number of anilines is 5. The molecule has 0 fully saturated rings. The molecule has 0 bridgehead atoms. The molecule has 6 aromatic heterocycles. The van der Waals surface area contributed by atoms with Gasteiger partial charge in [-0.2, -0.15) is 0 Å². The lowest BCUT2D eigenvalue weighted by Crippen LogP contribution is -2.27. The van der Waals surface area contributed by atoms with Gasteiger partial charge < -0.3 is 42.4 Å². The van der Waals surface area contributed by atoms with Gasteiger partial charge >= 0.3 is 25.1 Å².